The average Bonchev–Trinajstić information content (AvgIpc) is 2.86. The molecule has 6 nitrogen and oxygen atoms in total. The van der Waals surface area contributed by atoms with E-state index in [0.29, 0.717) is 0 Å². The van der Waals surface area contributed by atoms with E-state index < -0.39 is 0 Å². The molecule has 1 saturated heterocycles. The van der Waals surface area contributed by atoms with Crippen LogP contribution < -0.4 is 5.73 Å². The molecule has 19 heavy (non-hydrogen) atoms. The van der Waals surface area contributed by atoms with Crippen molar-refractivity contribution in [3.8, 4) is 0 Å². The minimum atomic E-state index is -0.0193. The zero-order valence-electron chi connectivity index (χ0n) is 12.0. The highest BCUT2D eigenvalue weighted by Crippen LogP contribution is 2.11. The summed E-state index contributed by atoms with van der Waals surface area (Å²) < 4.78 is 7.71. The standard InChI is InChI=1S/C13H25N5O/c1-3-5-17-6-7-19-12(9-17)11(14)8-13-15-10-16-18(13)4-2/h10-12H,3-9,14H2,1-2H3. The molecule has 0 saturated carbocycles. The predicted octanol–water partition coefficient (Wildman–Crippen LogP) is 0.279. The number of nitrogens with two attached hydrogens (primary N) is 1. The maximum absolute atomic E-state index is 6.29. The fourth-order valence-corrected chi connectivity index (χ4v) is 2.56. The van der Waals surface area contributed by atoms with Crippen molar-refractivity contribution in [3.05, 3.63) is 12.2 Å². The molecule has 2 heterocycles. The Morgan fingerprint density at radius 1 is 1.53 bits per heavy atom. The van der Waals surface area contributed by atoms with Crippen LogP contribution in [0.3, 0.4) is 0 Å². The molecule has 1 aromatic heterocycles. The van der Waals surface area contributed by atoms with Gasteiger partial charge in [-0.2, -0.15) is 5.10 Å². The fourth-order valence-electron chi connectivity index (χ4n) is 2.56. The number of nitrogens with zero attached hydrogens (tertiary/aromatic N) is 4. The van der Waals surface area contributed by atoms with Gasteiger partial charge in [0, 0.05) is 32.1 Å². The third-order valence-corrected chi connectivity index (χ3v) is 3.61. The molecule has 0 aliphatic carbocycles. The Bertz CT molecular complexity index is 379. The van der Waals surface area contributed by atoms with Gasteiger partial charge < -0.3 is 10.5 Å². The Morgan fingerprint density at radius 3 is 3.11 bits per heavy atom. The smallest absolute Gasteiger partial charge is 0.138 e. The number of hydrogen-bond acceptors (Lipinski definition) is 5. The zero-order chi connectivity index (χ0) is 13.7. The SMILES string of the molecule is CCCN1CCOC(C(N)Cc2ncnn2CC)C1. The highest BCUT2D eigenvalue weighted by molar-refractivity contribution is 4.93. The van der Waals surface area contributed by atoms with E-state index in [2.05, 4.69) is 28.8 Å². The van der Waals surface area contributed by atoms with E-state index in [1.807, 2.05) is 4.68 Å². The fraction of sp³-hybridized carbons (Fsp3) is 0.846. The molecule has 0 aromatic carbocycles. The molecule has 1 aliphatic heterocycles. The van der Waals surface area contributed by atoms with Gasteiger partial charge >= 0.3 is 0 Å². The second-order valence-corrected chi connectivity index (χ2v) is 5.07. The van der Waals surface area contributed by atoms with Crippen LogP contribution in [-0.2, 0) is 17.7 Å². The van der Waals surface area contributed by atoms with Gasteiger partial charge in [-0.05, 0) is 19.9 Å². The molecule has 2 unspecified atom stereocenters. The van der Waals surface area contributed by atoms with Gasteiger partial charge in [-0.1, -0.05) is 6.92 Å². The first kappa shape index (κ1) is 14.4. The molecule has 1 aromatic rings. The Hall–Kier alpha value is -0.980. The third-order valence-electron chi connectivity index (χ3n) is 3.61. The van der Waals surface area contributed by atoms with Gasteiger partial charge in [-0.3, -0.25) is 9.58 Å². The number of ether oxygens (including phenoxy) is 1. The van der Waals surface area contributed by atoms with Crippen LogP contribution in [0.15, 0.2) is 6.33 Å². The lowest BCUT2D eigenvalue weighted by molar-refractivity contribution is -0.0404. The van der Waals surface area contributed by atoms with Crippen LogP contribution in [0.5, 0.6) is 0 Å². The van der Waals surface area contributed by atoms with E-state index in [9.17, 15) is 0 Å². The molecule has 1 aliphatic rings. The summed E-state index contributed by atoms with van der Waals surface area (Å²) >= 11 is 0. The first-order valence-corrected chi connectivity index (χ1v) is 7.20. The van der Waals surface area contributed by atoms with Gasteiger partial charge in [-0.25, -0.2) is 4.98 Å². The van der Waals surface area contributed by atoms with E-state index >= 15 is 0 Å². The summed E-state index contributed by atoms with van der Waals surface area (Å²) in [5, 5.41) is 4.18. The average molecular weight is 267 g/mol. The lowest BCUT2D eigenvalue weighted by Gasteiger charge is -2.35. The van der Waals surface area contributed by atoms with Crippen molar-refractivity contribution in [2.45, 2.75) is 45.4 Å². The number of morpholine rings is 1. The van der Waals surface area contributed by atoms with Gasteiger partial charge in [0.15, 0.2) is 0 Å². The van der Waals surface area contributed by atoms with Crippen LogP contribution >= 0.6 is 0 Å². The van der Waals surface area contributed by atoms with Crippen LogP contribution in [0.2, 0.25) is 0 Å². The zero-order valence-corrected chi connectivity index (χ0v) is 12.0. The van der Waals surface area contributed by atoms with Crippen LogP contribution in [0.25, 0.3) is 0 Å². The van der Waals surface area contributed by atoms with Gasteiger partial charge in [0.25, 0.3) is 0 Å². The summed E-state index contributed by atoms with van der Waals surface area (Å²) in [6.45, 7) is 8.93. The highest BCUT2D eigenvalue weighted by atomic mass is 16.5. The minimum absolute atomic E-state index is 0.0193. The molecule has 0 radical (unpaired) electrons. The highest BCUT2D eigenvalue weighted by Gasteiger charge is 2.26. The number of aromatic nitrogens is 3. The Labute approximate surface area is 114 Å². The number of rotatable bonds is 6. The summed E-state index contributed by atoms with van der Waals surface area (Å²) in [5.41, 5.74) is 6.29. The van der Waals surface area contributed by atoms with Crippen molar-refractivity contribution < 1.29 is 4.74 Å². The largest absolute Gasteiger partial charge is 0.374 e. The summed E-state index contributed by atoms with van der Waals surface area (Å²) in [4.78, 5) is 6.71. The van der Waals surface area contributed by atoms with E-state index in [-0.39, 0.29) is 12.1 Å². The molecule has 1 fully saturated rings. The third kappa shape index (κ3) is 3.75. The quantitative estimate of drug-likeness (QED) is 0.801. The summed E-state index contributed by atoms with van der Waals surface area (Å²) in [5.74, 6) is 0.950. The lowest BCUT2D eigenvalue weighted by atomic mass is 10.1. The first-order chi connectivity index (χ1) is 9.24. The molecule has 6 heteroatoms. The van der Waals surface area contributed by atoms with Crippen molar-refractivity contribution in [2.75, 3.05) is 26.2 Å². The number of hydrogen-bond donors (Lipinski definition) is 1. The van der Waals surface area contributed by atoms with Crippen molar-refractivity contribution in [1.29, 1.82) is 0 Å². The molecule has 108 valence electrons. The number of aryl methyl sites for hydroxylation is 1. The van der Waals surface area contributed by atoms with E-state index in [0.717, 1.165) is 45.0 Å². The molecule has 0 spiro atoms. The van der Waals surface area contributed by atoms with Crippen molar-refractivity contribution in [1.82, 2.24) is 19.7 Å². The predicted molar refractivity (Wildman–Crippen MR) is 73.8 cm³/mol. The van der Waals surface area contributed by atoms with Crippen molar-refractivity contribution in [2.24, 2.45) is 5.73 Å². The van der Waals surface area contributed by atoms with Crippen molar-refractivity contribution >= 4 is 0 Å². The normalized spacial score (nSPS) is 22.6. The van der Waals surface area contributed by atoms with Crippen LogP contribution in [0.4, 0.5) is 0 Å². The summed E-state index contributed by atoms with van der Waals surface area (Å²) in [6, 6.07) is -0.0193. The van der Waals surface area contributed by atoms with Crippen LogP contribution in [0, 0.1) is 0 Å². The summed E-state index contributed by atoms with van der Waals surface area (Å²) in [7, 11) is 0. The van der Waals surface area contributed by atoms with Gasteiger partial charge in [0.05, 0.1) is 12.7 Å². The Morgan fingerprint density at radius 2 is 2.37 bits per heavy atom. The maximum atomic E-state index is 6.29. The minimum Gasteiger partial charge on any atom is -0.374 e. The lowest BCUT2D eigenvalue weighted by Crippen LogP contribution is -2.51. The Balaban J connectivity index is 1.90. The summed E-state index contributed by atoms with van der Waals surface area (Å²) in [6.07, 6.45) is 3.59. The second-order valence-electron chi connectivity index (χ2n) is 5.07. The molecule has 2 rings (SSSR count). The van der Waals surface area contributed by atoms with E-state index in [1.165, 1.54) is 6.42 Å². The first-order valence-electron chi connectivity index (χ1n) is 7.20. The monoisotopic (exact) mass is 267 g/mol. The topological polar surface area (TPSA) is 69.2 Å². The molecule has 2 N–H and O–H groups in total. The molecule has 2 atom stereocenters. The van der Waals surface area contributed by atoms with E-state index in [1.54, 1.807) is 6.33 Å². The molecular weight excluding hydrogens is 242 g/mol. The van der Waals surface area contributed by atoms with E-state index in [4.69, 9.17) is 10.5 Å². The van der Waals surface area contributed by atoms with Crippen molar-refractivity contribution in [3.63, 3.8) is 0 Å². The second kappa shape index (κ2) is 6.98. The van der Waals surface area contributed by atoms with Gasteiger partial charge in [0.2, 0.25) is 0 Å². The molecule has 0 bridgehead atoms. The maximum Gasteiger partial charge on any atom is 0.138 e. The molecular formula is C13H25N5O. The Kier molecular flexibility index (Phi) is 5.30. The van der Waals surface area contributed by atoms with Crippen LogP contribution in [-0.4, -0.2) is 58.1 Å². The van der Waals surface area contributed by atoms with Crippen LogP contribution in [0.1, 0.15) is 26.1 Å². The van der Waals surface area contributed by atoms with Gasteiger partial charge in [-0.15, -0.1) is 0 Å². The van der Waals surface area contributed by atoms with Gasteiger partial charge in [0.1, 0.15) is 12.2 Å². The molecule has 0 amide bonds.